The summed E-state index contributed by atoms with van der Waals surface area (Å²) in [5, 5.41) is 7.09. The molecule has 1 radical (unpaired) electrons. The smallest absolute Gasteiger partial charge is 0.229 e. The number of rotatable bonds is 13. The van der Waals surface area contributed by atoms with Gasteiger partial charge in [0.05, 0.1) is 23.0 Å². The fourth-order valence-corrected chi connectivity index (χ4v) is 5.52. The zero-order valence-corrected chi connectivity index (χ0v) is 16.1. The SMILES string of the molecule is CCCCS(=O)(=O)CCN(CCS(=O)(=O)CCCC)S([NH])(=O)=O. The Morgan fingerprint density at radius 1 is 0.696 bits per heavy atom. The minimum absolute atomic E-state index is 0.0375. The topological polar surface area (TPSA) is 129 Å². The van der Waals surface area contributed by atoms with Crippen LogP contribution in [-0.2, 0) is 29.9 Å². The molecule has 1 N–H and O–H groups in total. The van der Waals surface area contributed by atoms with Gasteiger partial charge in [-0.05, 0) is 12.8 Å². The second kappa shape index (κ2) is 9.92. The largest absolute Gasteiger partial charge is 0.293 e. The first-order valence-corrected chi connectivity index (χ1v) is 12.7. The van der Waals surface area contributed by atoms with Crippen LogP contribution < -0.4 is 5.14 Å². The van der Waals surface area contributed by atoms with Crippen LogP contribution in [0.25, 0.3) is 0 Å². The van der Waals surface area contributed by atoms with Crippen LogP contribution in [0, 0.1) is 0 Å². The molecular formula is C12H27N2O6S3. The molecule has 0 aliphatic rings. The standard InChI is InChI=1S/C12H27N2O6S3/c1-3-5-9-21(15,16)11-7-14(23(13,19)20)8-12-22(17,18)10-6-4-2/h13H,3-12H2,1-2H3. The van der Waals surface area contributed by atoms with Crippen LogP contribution in [0.15, 0.2) is 0 Å². The van der Waals surface area contributed by atoms with Crippen molar-refractivity contribution >= 4 is 29.9 Å². The molecule has 0 saturated carbocycles. The highest BCUT2D eigenvalue weighted by Gasteiger charge is 2.23. The molecule has 139 valence electrons. The number of nitrogens with zero attached hydrogens (tertiary/aromatic N) is 1. The number of unbranched alkanes of at least 4 members (excludes halogenated alkanes) is 2. The highest BCUT2D eigenvalue weighted by atomic mass is 32.2. The van der Waals surface area contributed by atoms with Gasteiger partial charge in [0.15, 0.2) is 19.7 Å². The summed E-state index contributed by atoms with van der Waals surface area (Å²) < 4.78 is 70.5. The van der Waals surface area contributed by atoms with Crippen molar-refractivity contribution in [3.63, 3.8) is 0 Å². The van der Waals surface area contributed by atoms with Crippen LogP contribution in [0.1, 0.15) is 39.5 Å². The Morgan fingerprint density at radius 2 is 1.04 bits per heavy atom. The van der Waals surface area contributed by atoms with Gasteiger partial charge in [0.2, 0.25) is 0 Å². The molecule has 0 aliphatic heterocycles. The summed E-state index contributed by atoms with van der Waals surface area (Å²) in [4.78, 5) is 0. The van der Waals surface area contributed by atoms with Gasteiger partial charge >= 0.3 is 0 Å². The first-order valence-electron chi connectivity index (χ1n) is 7.59. The molecule has 0 heterocycles. The third-order valence-electron chi connectivity index (χ3n) is 3.26. The van der Waals surface area contributed by atoms with Gasteiger partial charge in [0.1, 0.15) is 0 Å². The molecular weight excluding hydrogens is 364 g/mol. The van der Waals surface area contributed by atoms with Crippen molar-refractivity contribution in [2.45, 2.75) is 39.5 Å². The Labute approximate surface area is 140 Å². The van der Waals surface area contributed by atoms with Gasteiger partial charge in [-0.3, -0.25) is 0 Å². The van der Waals surface area contributed by atoms with Crippen LogP contribution in [0.2, 0.25) is 0 Å². The summed E-state index contributed by atoms with van der Waals surface area (Å²) in [6.45, 7) is 2.91. The molecule has 0 spiro atoms. The molecule has 0 aromatic carbocycles. The van der Waals surface area contributed by atoms with Gasteiger partial charge in [-0.1, -0.05) is 26.7 Å². The van der Waals surface area contributed by atoms with Gasteiger partial charge in [-0.15, -0.1) is 5.14 Å². The monoisotopic (exact) mass is 391 g/mol. The summed E-state index contributed by atoms with van der Waals surface area (Å²) in [5.74, 6) is -0.880. The molecule has 0 rings (SSSR count). The van der Waals surface area contributed by atoms with Gasteiger partial charge in [-0.25, -0.2) is 16.8 Å². The molecule has 8 nitrogen and oxygen atoms in total. The van der Waals surface area contributed by atoms with Crippen molar-refractivity contribution in [1.29, 1.82) is 0 Å². The van der Waals surface area contributed by atoms with E-state index in [0.29, 0.717) is 30.0 Å². The lowest BCUT2D eigenvalue weighted by molar-refractivity contribution is 0.443. The van der Waals surface area contributed by atoms with E-state index in [4.69, 9.17) is 5.14 Å². The lowest BCUT2D eigenvalue weighted by Gasteiger charge is -2.18. The average Bonchev–Trinajstić information content (AvgIpc) is 2.41. The highest BCUT2D eigenvalue weighted by Crippen LogP contribution is 2.04. The molecule has 0 aromatic rings. The third-order valence-corrected chi connectivity index (χ3v) is 7.74. The number of hydrogen-bond donors (Lipinski definition) is 0. The normalized spacial score (nSPS) is 13.6. The Kier molecular flexibility index (Phi) is 9.82. The molecule has 11 heteroatoms. The van der Waals surface area contributed by atoms with Gasteiger partial charge in [-0.2, -0.15) is 12.7 Å². The fraction of sp³-hybridized carbons (Fsp3) is 1.00. The predicted octanol–water partition coefficient (Wildman–Crippen LogP) is 0.246. The van der Waals surface area contributed by atoms with Crippen LogP contribution in [0.3, 0.4) is 0 Å². The van der Waals surface area contributed by atoms with Crippen molar-refractivity contribution in [2.24, 2.45) is 0 Å². The zero-order chi connectivity index (χ0) is 18.1. The van der Waals surface area contributed by atoms with Gasteiger partial charge < -0.3 is 0 Å². The number of hydrogen-bond acceptors (Lipinski definition) is 6. The van der Waals surface area contributed by atoms with Crippen molar-refractivity contribution in [3.8, 4) is 0 Å². The second-order valence-corrected chi connectivity index (χ2v) is 11.5. The Hall–Kier alpha value is -0.230. The maximum absolute atomic E-state index is 11.8. The van der Waals surface area contributed by atoms with E-state index in [9.17, 15) is 25.3 Å². The lowest BCUT2D eigenvalue weighted by Crippen LogP contribution is -2.39. The Balaban J connectivity index is 4.75. The molecule has 0 amide bonds. The van der Waals surface area contributed by atoms with Crippen LogP contribution in [0.5, 0.6) is 0 Å². The average molecular weight is 392 g/mol. The molecule has 0 unspecified atom stereocenters. The minimum Gasteiger partial charge on any atom is -0.229 e. The van der Waals surface area contributed by atoms with Crippen molar-refractivity contribution in [1.82, 2.24) is 9.44 Å². The molecule has 0 aliphatic carbocycles. The molecule has 23 heavy (non-hydrogen) atoms. The summed E-state index contributed by atoms with van der Waals surface area (Å²) in [6, 6.07) is 0. The van der Waals surface area contributed by atoms with E-state index in [2.05, 4.69) is 0 Å². The molecule has 0 fully saturated rings. The van der Waals surface area contributed by atoms with E-state index in [1.807, 2.05) is 13.8 Å². The fourth-order valence-electron chi connectivity index (χ4n) is 1.77. The number of sulfone groups is 2. The van der Waals surface area contributed by atoms with Crippen LogP contribution in [0.4, 0.5) is 0 Å². The van der Waals surface area contributed by atoms with Crippen molar-refractivity contribution < 1.29 is 25.3 Å². The molecule has 0 atom stereocenters. The lowest BCUT2D eigenvalue weighted by atomic mass is 10.4. The summed E-state index contributed by atoms with van der Waals surface area (Å²) >= 11 is 0. The molecule has 0 aromatic heterocycles. The van der Waals surface area contributed by atoms with E-state index in [1.54, 1.807) is 0 Å². The highest BCUT2D eigenvalue weighted by molar-refractivity contribution is 7.91. The van der Waals surface area contributed by atoms with Crippen molar-refractivity contribution in [3.05, 3.63) is 0 Å². The van der Waals surface area contributed by atoms with Crippen molar-refractivity contribution in [2.75, 3.05) is 36.1 Å². The third kappa shape index (κ3) is 11.0. The quantitative estimate of drug-likeness (QED) is 0.442. The first-order chi connectivity index (χ1) is 10.4. The summed E-state index contributed by atoms with van der Waals surface area (Å²) in [5.41, 5.74) is 0. The Bertz CT molecular complexity index is 598. The van der Waals surface area contributed by atoms with E-state index < -0.39 is 41.4 Å². The summed E-state index contributed by atoms with van der Waals surface area (Å²) in [7, 11) is -11.2. The summed E-state index contributed by atoms with van der Waals surface area (Å²) in [6.07, 6.45) is 2.38. The zero-order valence-electron chi connectivity index (χ0n) is 13.7. The van der Waals surface area contributed by atoms with E-state index >= 15 is 0 Å². The number of nitrogens with one attached hydrogen (secondary N) is 1. The van der Waals surface area contributed by atoms with E-state index in [-0.39, 0.29) is 24.6 Å². The van der Waals surface area contributed by atoms with Crippen LogP contribution in [-0.4, -0.2) is 65.7 Å². The minimum atomic E-state index is -4.40. The van der Waals surface area contributed by atoms with E-state index in [1.165, 1.54) is 0 Å². The Morgan fingerprint density at radius 3 is 1.30 bits per heavy atom. The molecule has 0 bridgehead atoms. The van der Waals surface area contributed by atoms with Crippen LogP contribution >= 0.6 is 0 Å². The van der Waals surface area contributed by atoms with E-state index in [0.717, 1.165) is 0 Å². The molecule has 0 saturated heterocycles. The second-order valence-electron chi connectivity index (χ2n) is 5.41. The maximum Gasteiger partial charge on any atom is 0.293 e. The van der Waals surface area contributed by atoms with Gasteiger partial charge in [0, 0.05) is 13.1 Å². The maximum atomic E-state index is 11.8. The first kappa shape index (κ1) is 22.8. The van der Waals surface area contributed by atoms with Gasteiger partial charge in [0.25, 0.3) is 10.2 Å². The predicted molar refractivity (Wildman–Crippen MR) is 90.7 cm³/mol.